The Labute approximate surface area is 120 Å². The zero-order valence-corrected chi connectivity index (χ0v) is 12.7. The lowest BCUT2D eigenvalue weighted by Crippen LogP contribution is -2.41. The fraction of sp³-hybridized carbons (Fsp3) is 0.769. The highest BCUT2D eigenvalue weighted by Gasteiger charge is 2.33. The van der Waals surface area contributed by atoms with Crippen LogP contribution in [0.4, 0.5) is 0 Å². The molecular weight excluding hydrogens is 276 g/mol. The third kappa shape index (κ3) is 2.38. The molecule has 6 nitrogen and oxygen atoms in total. The van der Waals surface area contributed by atoms with E-state index in [0.717, 1.165) is 44.6 Å². The number of fused-ring (bicyclic) bond motifs is 1. The molecule has 2 aliphatic rings. The molecule has 112 valence electrons. The second kappa shape index (κ2) is 5.46. The Bertz CT molecular complexity index is 573. The highest BCUT2D eigenvalue weighted by Crippen LogP contribution is 2.26. The van der Waals surface area contributed by atoms with Crippen molar-refractivity contribution >= 4 is 10.0 Å². The molecular formula is C13H22N4O2S. The number of aromatic nitrogens is 2. The highest BCUT2D eigenvalue weighted by molar-refractivity contribution is 7.89. The summed E-state index contributed by atoms with van der Waals surface area (Å²) < 4.78 is 28.9. The molecule has 3 heterocycles. The number of imidazole rings is 1. The van der Waals surface area contributed by atoms with E-state index in [1.54, 1.807) is 4.31 Å². The molecule has 20 heavy (non-hydrogen) atoms. The molecule has 7 heteroatoms. The zero-order valence-electron chi connectivity index (χ0n) is 11.9. The lowest BCUT2D eigenvalue weighted by atomic mass is 9.98. The summed E-state index contributed by atoms with van der Waals surface area (Å²) in [7, 11) is -1.43. The SMILES string of the molecule is CNCC1CCN(S(=O)(=O)c2cnc3n2CCC3)CC1. The first-order chi connectivity index (χ1) is 9.63. The maximum absolute atomic E-state index is 12.7. The summed E-state index contributed by atoms with van der Waals surface area (Å²) in [6.07, 6.45) is 5.28. The fourth-order valence-electron chi connectivity index (χ4n) is 3.21. The number of rotatable bonds is 4. The first-order valence-corrected chi connectivity index (χ1v) is 8.76. The third-order valence-electron chi connectivity index (χ3n) is 4.35. The van der Waals surface area contributed by atoms with Crippen molar-refractivity contribution in [2.75, 3.05) is 26.7 Å². The van der Waals surface area contributed by atoms with E-state index in [-0.39, 0.29) is 0 Å². The molecule has 1 fully saturated rings. The first-order valence-electron chi connectivity index (χ1n) is 7.32. The molecule has 0 bridgehead atoms. The van der Waals surface area contributed by atoms with Gasteiger partial charge in [-0.05, 0) is 38.8 Å². The van der Waals surface area contributed by atoms with Gasteiger partial charge in [0.2, 0.25) is 0 Å². The van der Waals surface area contributed by atoms with Crippen LogP contribution < -0.4 is 5.32 Å². The van der Waals surface area contributed by atoms with Crippen molar-refractivity contribution in [1.29, 1.82) is 0 Å². The van der Waals surface area contributed by atoms with E-state index < -0.39 is 10.0 Å². The molecule has 0 spiro atoms. The standard InChI is InChI=1S/C13H22N4O2S/c1-14-9-11-4-7-16(8-5-11)20(18,19)13-10-15-12-3-2-6-17(12)13/h10-11,14H,2-9H2,1H3. The van der Waals surface area contributed by atoms with Gasteiger partial charge in [-0.25, -0.2) is 13.4 Å². The maximum atomic E-state index is 12.7. The Balaban J connectivity index is 1.76. The summed E-state index contributed by atoms with van der Waals surface area (Å²) in [4.78, 5) is 4.25. The van der Waals surface area contributed by atoms with E-state index in [2.05, 4.69) is 10.3 Å². The summed E-state index contributed by atoms with van der Waals surface area (Å²) in [5.41, 5.74) is 0. The predicted molar refractivity (Wildman–Crippen MR) is 76.0 cm³/mol. The third-order valence-corrected chi connectivity index (χ3v) is 6.25. The second-order valence-corrected chi connectivity index (χ2v) is 7.56. The van der Waals surface area contributed by atoms with Crippen molar-refractivity contribution in [2.24, 2.45) is 5.92 Å². The Morgan fingerprint density at radius 1 is 1.35 bits per heavy atom. The van der Waals surface area contributed by atoms with Gasteiger partial charge < -0.3 is 9.88 Å². The lowest BCUT2D eigenvalue weighted by Gasteiger charge is -2.31. The van der Waals surface area contributed by atoms with Gasteiger partial charge in [-0.1, -0.05) is 0 Å². The largest absolute Gasteiger partial charge is 0.319 e. The van der Waals surface area contributed by atoms with Gasteiger partial charge >= 0.3 is 0 Å². The van der Waals surface area contributed by atoms with Crippen molar-refractivity contribution in [3.05, 3.63) is 12.0 Å². The number of sulfonamides is 1. The molecule has 0 radical (unpaired) electrons. The topological polar surface area (TPSA) is 67.2 Å². The van der Waals surface area contributed by atoms with Gasteiger partial charge in [0.15, 0.2) is 5.03 Å². The second-order valence-electron chi connectivity index (χ2n) is 5.67. The number of hydrogen-bond donors (Lipinski definition) is 1. The van der Waals surface area contributed by atoms with Gasteiger partial charge in [-0.3, -0.25) is 0 Å². The fourth-order valence-corrected chi connectivity index (χ4v) is 4.83. The quantitative estimate of drug-likeness (QED) is 0.876. The van der Waals surface area contributed by atoms with Crippen LogP contribution in [-0.2, 0) is 23.0 Å². The Morgan fingerprint density at radius 3 is 2.80 bits per heavy atom. The summed E-state index contributed by atoms with van der Waals surface area (Å²) in [5.74, 6) is 1.50. The molecule has 0 unspecified atom stereocenters. The van der Waals surface area contributed by atoms with Crippen LogP contribution in [0, 0.1) is 5.92 Å². The monoisotopic (exact) mass is 298 g/mol. The van der Waals surface area contributed by atoms with E-state index in [1.807, 2.05) is 11.6 Å². The molecule has 0 saturated carbocycles. The summed E-state index contributed by atoms with van der Waals surface area (Å²) in [5, 5.41) is 3.56. The van der Waals surface area contributed by atoms with E-state index in [0.29, 0.717) is 24.0 Å². The smallest absolute Gasteiger partial charge is 0.260 e. The van der Waals surface area contributed by atoms with Gasteiger partial charge in [-0.2, -0.15) is 4.31 Å². The number of aryl methyl sites for hydroxylation is 1. The highest BCUT2D eigenvalue weighted by atomic mass is 32.2. The molecule has 3 rings (SSSR count). The molecule has 2 aliphatic heterocycles. The normalized spacial score (nSPS) is 21.2. The van der Waals surface area contributed by atoms with E-state index in [9.17, 15) is 8.42 Å². The van der Waals surface area contributed by atoms with Crippen molar-refractivity contribution in [2.45, 2.75) is 37.3 Å². The van der Waals surface area contributed by atoms with Crippen LogP contribution in [0.3, 0.4) is 0 Å². The van der Waals surface area contributed by atoms with Crippen LogP contribution in [0.25, 0.3) is 0 Å². The van der Waals surface area contributed by atoms with Crippen LogP contribution in [-0.4, -0.2) is 49.0 Å². The molecule has 0 aromatic carbocycles. The van der Waals surface area contributed by atoms with Gasteiger partial charge in [0.05, 0.1) is 6.20 Å². The molecule has 0 amide bonds. The van der Waals surface area contributed by atoms with Crippen molar-refractivity contribution in [3.8, 4) is 0 Å². The molecule has 1 N–H and O–H groups in total. The van der Waals surface area contributed by atoms with E-state index >= 15 is 0 Å². The predicted octanol–water partition coefficient (Wildman–Crippen LogP) is 0.449. The summed E-state index contributed by atoms with van der Waals surface area (Å²) in [6, 6.07) is 0. The van der Waals surface area contributed by atoms with E-state index in [1.165, 1.54) is 6.20 Å². The van der Waals surface area contributed by atoms with Gasteiger partial charge in [0.1, 0.15) is 5.82 Å². The summed E-state index contributed by atoms with van der Waals surface area (Å²) in [6.45, 7) is 2.99. The summed E-state index contributed by atoms with van der Waals surface area (Å²) >= 11 is 0. The maximum Gasteiger partial charge on any atom is 0.260 e. The van der Waals surface area contributed by atoms with Crippen molar-refractivity contribution in [3.63, 3.8) is 0 Å². The van der Waals surface area contributed by atoms with Crippen molar-refractivity contribution < 1.29 is 8.42 Å². The van der Waals surface area contributed by atoms with Gasteiger partial charge in [0.25, 0.3) is 10.0 Å². The Kier molecular flexibility index (Phi) is 3.83. The molecule has 1 aromatic rings. The van der Waals surface area contributed by atoms with Gasteiger partial charge in [-0.15, -0.1) is 0 Å². The number of nitrogens with zero attached hydrogens (tertiary/aromatic N) is 3. The molecule has 0 aliphatic carbocycles. The van der Waals surface area contributed by atoms with Crippen LogP contribution in [0.2, 0.25) is 0 Å². The Morgan fingerprint density at radius 2 is 2.10 bits per heavy atom. The van der Waals surface area contributed by atoms with Crippen LogP contribution >= 0.6 is 0 Å². The van der Waals surface area contributed by atoms with Crippen molar-refractivity contribution in [1.82, 2.24) is 19.2 Å². The lowest BCUT2D eigenvalue weighted by molar-refractivity contribution is 0.269. The average Bonchev–Trinajstić information content (AvgIpc) is 3.01. The molecule has 0 atom stereocenters. The first kappa shape index (κ1) is 14.0. The Hall–Kier alpha value is -0.920. The minimum Gasteiger partial charge on any atom is -0.319 e. The van der Waals surface area contributed by atoms with Gasteiger partial charge in [0, 0.05) is 26.1 Å². The van der Waals surface area contributed by atoms with Crippen LogP contribution in [0.15, 0.2) is 11.2 Å². The molecule has 1 saturated heterocycles. The minimum absolute atomic E-state index is 0.386. The van der Waals surface area contributed by atoms with Crippen LogP contribution in [0.5, 0.6) is 0 Å². The number of hydrogen-bond acceptors (Lipinski definition) is 4. The number of piperidine rings is 1. The average molecular weight is 298 g/mol. The zero-order chi connectivity index (χ0) is 14.2. The minimum atomic E-state index is -3.37. The van der Waals surface area contributed by atoms with Crippen LogP contribution in [0.1, 0.15) is 25.1 Å². The van der Waals surface area contributed by atoms with E-state index in [4.69, 9.17) is 0 Å². The number of nitrogens with one attached hydrogen (secondary N) is 1. The molecule has 1 aromatic heterocycles.